The van der Waals surface area contributed by atoms with Crippen LogP contribution in [0.3, 0.4) is 0 Å². The predicted molar refractivity (Wildman–Crippen MR) is 94.1 cm³/mol. The SMILES string of the molecule is CCOc1cc(C(=O)O[C@@H](C)C(=O)Nc2ccccc2F)ccc1OC. The summed E-state index contributed by atoms with van der Waals surface area (Å²) in [6, 6.07) is 10.3. The summed E-state index contributed by atoms with van der Waals surface area (Å²) < 4.78 is 29.3. The van der Waals surface area contributed by atoms with Gasteiger partial charge in [-0.1, -0.05) is 12.1 Å². The molecular formula is C19H20FNO5. The van der Waals surface area contributed by atoms with Crippen LogP contribution in [0, 0.1) is 5.82 Å². The van der Waals surface area contributed by atoms with Crippen LogP contribution >= 0.6 is 0 Å². The Labute approximate surface area is 150 Å². The molecular weight excluding hydrogens is 341 g/mol. The van der Waals surface area contributed by atoms with Crippen LogP contribution < -0.4 is 14.8 Å². The van der Waals surface area contributed by atoms with Crippen LogP contribution in [0.2, 0.25) is 0 Å². The Morgan fingerprint density at radius 3 is 2.54 bits per heavy atom. The van der Waals surface area contributed by atoms with Crippen molar-refractivity contribution in [2.24, 2.45) is 0 Å². The van der Waals surface area contributed by atoms with E-state index in [-0.39, 0.29) is 11.3 Å². The molecule has 0 saturated carbocycles. The molecule has 0 saturated heterocycles. The summed E-state index contributed by atoms with van der Waals surface area (Å²) in [4.78, 5) is 24.4. The van der Waals surface area contributed by atoms with Gasteiger partial charge in [0.1, 0.15) is 5.82 Å². The van der Waals surface area contributed by atoms with Crippen LogP contribution in [0.15, 0.2) is 42.5 Å². The molecule has 1 N–H and O–H groups in total. The van der Waals surface area contributed by atoms with Gasteiger partial charge < -0.3 is 19.5 Å². The van der Waals surface area contributed by atoms with Crippen molar-refractivity contribution in [3.8, 4) is 11.5 Å². The summed E-state index contributed by atoms with van der Waals surface area (Å²) in [5.41, 5.74) is 0.225. The highest BCUT2D eigenvalue weighted by molar-refractivity contribution is 5.97. The second-order valence-electron chi connectivity index (χ2n) is 5.32. The zero-order chi connectivity index (χ0) is 19.1. The molecule has 0 aliphatic heterocycles. The van der Waals surface area contributed by atoms with E-state index in [1.807, 2.05) is 0 Å². The Balaban J connectivity index is 2.05. The van der Waals surface area contributed by atoms with Crippen LogP contribution in [0.4, 0.5) is 10.1 Å². The molecule has 26 heavy (non-hydrogen) atoms. The normalized spacial score (nSPS) is 11.4. The Morgan fingerprint density at radius 1 is 1.15 bits per heavy atom. The third-order valence-corrected chi connectivity index (χ3v) is 3.48. The van der Waals surface area contributed by atoms with Crippen molar-refractivity contribution in [1.29, 1.82) is 0 Å². The molecule has 0 aromatic heterocycles. The Bertz CT molecular complexity index is 793. The number of carbonyl (C=O) groups excluding carboxylic acids is 2. The summed E-state index contributed by atoms with van der Waals surface area (Å²) in [5, 5.41) is 2.38. The molecule has 0 spiro atoms. The molecule has 2 aromatic carbocycles. The number of anilines is 1. The lowest BCUT2D eigenvalue weighted by Crippen LogP contribution is -2.30. The van der Waals surface area contributed by atoms with E-state index in [2.05, 4.69) is 5.32 Å². The fourth-order valence-corrected chi connectivity index (χ4v) is 2.15. The maximum absolute atomic E-state index is 13.6. The van der Waals surface area contributed by atoms with Crippen molar-refractivity contribution in [1.82, 2.24) is 0 Å². The number of benzene rings is 2. The largest absolute Gasteiger partial charge is 0.493 e. The number of halogens is 1. The van der Waals surface area contributed by atoms with E-state index in [1.165, 1.54) is 44.4 Å². The highest BCUT2D eigenvalue weighted by Gasteiger charge is 2.21. The number of hydrogen-bond acceptors (Lipinski definition) is 5. The van der Waals surface area contributed by atoms with Crippen LogP contribution in [0.5, 0.6) is 11.5 Å². The lowest BCUT2D eigenvalue weighted by atomic mass is 10.2. The lowest BCUT2D eigenvalue weighted by molar-refractivity contribution is -0.123. The molecule has 2 aromatic rings. The Kier molecular flexibility index (Phi) is 6.54. The topological polar surface area (TPSA) is 73.9 Å². The van der Waals surface area contributed by atoms with Gasteiger partial charge in [0.25, 0.3) is 5.91 Å². The van der Waals surface area contributed by atoms with E-state index in [0.717, 1.165) is 0 Å². The van der Waals surface area contributed by atoms with Gasteiger partial charge in [0, 0.05) is 0 Å². The molecule has 0 aliphatic rings. The first-order valence-electron chi connectivity index (χ1n) is 8.03. The third kappa shape index (κ3) is 4.72. The summed E-state index contributed by atoms with van der Waals surface area (Å²) in [6.07, 6.45) is -1.11. The van der Waals surface area contributed by atoms with Crippen molar-refractivity contribution in [3.05, 3.63) is 53.8 Å². The molecule has 1 atom stereocenters. The van der Waals surface area contributed by atoms with E-state index >= 15 is 0 Å². The summed E-state index contributed by atoms with van der Waals surface area (Å²) in [5.74, 6) is -1.04. The first kappa shape index (κ1) is 19.2. The van der Waals surface area contributed by atoms with E-state index < -0.39 is 23.8 Å². The van der Waals surface area contributed by atoms with Gasteiger partial charge in [0.15, 0.2) is 17.6 Å². The standard InChI is InChI=1S/C19H20FNO5/c1-4-25-17-11-13(9-10-16(17)24-3)19(23)26-12(2)18(22)21-15-8-6-5-7-14(15)20/h5-12H,4H2,1-3H3,(H,21,22)/t12-/m0/s1. The average molecular weight is 361 g/mol. The van der Waals surface area contributed by atoms with Gasteiger partial charge >= 0.3 is 5.97 Å². The van der Waals surface area contributed by atoms with Crippen LogP contribution in [-0.2, 0) is 9.53 Å². The third-order valence-electron chi connectivity index (χ3n) is 3.48. The summed E-state index contributed by atoms with van der Waals surface area (Å²) in [7, 11) is 1.49. The smallest absolute Gasteiger partial charge is 0.339 e. The molecule has 0 fully saturated rings. The molecule has 0 bridgehead atoms. The fraction of sp³-hybridized carbons (Fsp3) is 0.263. The predicted octanol–water partition coefficient (Wildman–Crippen LogP) is 3.42. The van der Waals surface area contributed by atoms with Crippen molar-refractivity contribution in [2.75, 3.05) is 19.0 Å². The molecule has 1 amide bonds. The Hall–Kier alpha value is -3.09. The van der Waals surface area contributed by atoms with E-state index in [1.54, 1.807) is 19.1 Å². The van der Waals surface area contributed by atoms with E-state index in [0.29, 0.717) is 18.1 Å². The molecule has 0 radical (unpaired) electrons. The van der Waals surface area contributed by atoms with E-state index in [9.17, 15) is 14.0 Å². The number of para-hydroxylation sites is 1. The van der Waals surface area contributed by atoms with Crippen molar-refractivity contribution >= 4 is 17.6 Å². The van der Waals surface area contributed by atoms with Gasteiger partial charge in [-0.3, -0.25) is 4.79 Å². The molecule has 6 nitrogen and oxygen atoms in total. The monoisotopic (exact) mass is 361 g/mol. The quantitative estimate of drug-likeness (QED) is 0.765. The lowest BCUT2D eigenvalue weighted by Gasteiger charge is -2.15. The van der Waals surface area contributed by atoms with Gasteiger partial charge in [0.05, 0.1) is 25.0 Å². The molecule has 138 valence electrons. The maximum atomic E-state index is 13.6. The van der Waals surface area contributed by atoms with E-state index in [4.69, 9.17) is 14.2 Å². The number of hydrogen-bond donors (Lipinski definition) is 1. The number of amides is 1. The van der Waals surface area contributed by atoms with Crippen LogP contribution in [0.1, 0.15) is 24.2 Å². The number of rotatable bonds is 7. The van der Waals surface area contributed by atoms with Gasteiger partial charge in [-0.2, -0.15) is 0 Å². The molecule has 0 unspecified atom stereocenters. The van der Waals surface area contributed by atoms with Gasteiger partial charge in [0.2, 0.25) is 0 Å². The molecule has 0 aliphatic carbocycles. The molecule has 2 rings (SSSR count). The minimum atomic E-state index is -1.11. The summed E-state index contributed by atoms with van der Waals surface area (Å²) >= 11 is 0. The summed E-state index contributed by atoms with van der Waals surface area (Å²) in [6.45, 7) is 3.61. The molecule has 7 heteroatoms. The van der Waals surface area contributed by atoms with Crippen LogP contribution in [-0.4, -0.2) is 31.7 Å². The number of nitrogens with one attached hydrogen (secondary N) is 1. The minimum absolute atomic E-state index is 0.0171. The van der Waals surface area contributed by atoms with Crippen molar-refractivity contribution in [3.63, 3.8) is 0 Å². The first-order valence-corrected chi connectivity index (χ1v) is 8.03. The zero-order valence-electron chi connectivity index (χ0n) is 14.7. The number of methoxy groups -OCH3 is 1. The number of carbonyl (C=O) groups is 2. The fourth-order valence-electron chi connectivity index (χ4n) is 2.15. The average Bonchev–Trinajstić information content (AvgIpc) is 2.63. The highest BCUT2D eigenvalue weighted by Crippen LogP contribution is 2.28. The minimum Gasteiger partial charge on any atom is -0.493 e. The molecule has 0 heterocycles. The highest BCUT2D eigenvalue weighted by atomic mass is 19.1. The number of esters is 1. The van der Waals surface area contributed by atoms with Crippen molar-refractivity contribution < 1.29 is 28.2 Å². The first-order chi connectivity index (χ1) is 12.5. The van der Waals surface area contributed by atoms with Gasteiger partial charge in [-0.15, -0.1) is 0 Å². The van der Waals surface area contributed by atoms with Crippen LogP contribution in [0.25, 0.3) is 0 Å². The second kappa shape index (κ2) is 8.84. The Morgan fingerprint density at radius 2 is 1.88 bits per heavy atom. The van der Waals surface area contributed by atoms with Crippen molar-refractivity contribution in [2.45, 2.75) is 20.0 Å². The maximum Gasteiger partial charge on any atom is 0.339 e. The number of ether oxygens (including phenoxy) is 3. The zero-order valence-corrected chi connectivity index (χ0v) is 14.7. The van der Waals surface area contributed by atoms with Gasteiger partial charge in [-0.25, -0.2) is 9.18 Å². The second-order valence-corrected chi connectivity index (χ2v) is 5.32. The van der Waals surface area contributed by atoms with Gasteiger partial charge in [-0.05, 0) is 44.2 Å².